The molecular weight excluding hydrogens is 364 g/mol. The number of nitrogens with two attached hydrogens (primary N) is 1. The first kappa shape index (κ1) is 18.9. The van der Waals surface area contributed by atoms with Crippen LogP contribution in [0.25, 0.3) is 21.8 Å². The minimum absolute atomic E-state index is 0.161. The van der Waals surface area contributed by atoms with Gasteiger partial charge in [-0.15, -0.1) is 11.3 Å². The van der Waals surface area contributed by atoms with Gasteiger partial charge in [0.2, 0.25) is 0 Å². The molecule has 2 N–H and O–H groups in total. The van der Waals surface area contributed by atoms with Gasteiger partial charge in [0.1, 0.15) is 22.1 Å². The number of nitrogens with zero attached hydrogens (tertiary/aromatic N) is 3. The molecule has 0 atom stereocenters. The Morgan fingerprint density at radius 1 is 1.19 bits per heavy atom. The molecule has 0 aliphatic rings. The number of nitrogen functional groups attached to an aromatic ring is 1. The highest BCUT2D eigenvalue weighted by molar-refractivity contribution is 7.13. The van der Waals surface area contributed by atoms with Crippen LogP contribution in [-0.2, 0) is 13.6 Å². The summed E-state index contributed by atoms with van der Waals surface area (Å²) in [5.74, 6) is 0.955. The number of benzene rings is 1. The van der Waals surface area contributed by atoms with Crippen molar-refractivity contribution >= 4 is 17.2 Å². The molecule has 0 saturated heterocycles. The monoisotopic (exact) mass is 386 g/mol. The van der Waals surface area contributed by atoms with Crippen LogP contribution in [0.3, 0.4) is 0 Å². The average Bonchev–Trinajstić information content (AvgIpc) is 3.14. The Morgan fingerprint density at radius 2 is 1.89 bits per heavy atom. The third-order valence-electron chi connectivity index (χ3n) is 4.20. The number of anilines is 1. The van der Waals surface area contributed by atoms with E-state index in [1.54, 1.807) is 5.38 Å². The summed E-state index contributed by atoms with van der Waals surface area (Å²) in [6.45, 7) is 4.94. The Bertz CT molecular complexity index is 1060. The average molecular weight is 386 g/mol. The van der Waals surface area contributed by atoms with Crippen molar-refractivity contribution in [1.82, 2.24) is 14.1 Å². The highest BCUT2D eigenvalue weighted by Crippen LogP contribution is 2.30. The van der Waals surface area contributed by atoms with Crippen LogP contribution in [0.15, 0.2) is 39.2 Å². The SMILES string of the molecule is CCCn1c(N)c(-c2csc(-c3ccc(OCC)cc3)n2)c(=O)n(C)c1=O. The normalized spacial score (nSPS) is 10.9. The van der Waals surface area contributed by atoms with E-state index in [-0.39, 0.29) is 11.4 Å². The molecular formula is C19H22N4O3S. The molecule has 142 valence electrons. The van der Waals surface area contributed by atoms with E-state index < -0.39 is 11.2 Å². The van der Waals surface area contributed by atoms with Crippen LogP contribution in [0, 0.1) is 0 Å². The van der Waals surface area contributed by atoms with Gasteiger partial charge in [0.05, 0.1) is 12.3 Å². The lowest BCUT2D eigenvalue weighted by Gasteiger charge is -2.13. The minimum atomic E-state index is -0.437. The molecule has 2 heterocycles. The van der Waals surface area contributed by atoms with E-state index in [1.165, 1.54) is 23.0 Å². The van der Waals surface area contributed by atoms with E-state index >= 15 is 0 Å². The quantitative estimate of drug-likeness (QED) is 0.703. The maximum atomic E-state index is 12.6. The lowest BCUT2D eigenvalue weighted by molar-refractivity contribution is 0.340. The number of hydrogen-bond acceptors (Lipinski definition) is 6. The zero-order valence-electron chi connectivity index (χ0n) is 15.6. The van der Waals surface area contributed by atoms with Gasteiger partial charge in [-0.05, 0) is 37.6 Å². The van der Waals surface area contributed by atoms with E-state index in [0.717, 1.165) is 27.3 Å². The number of thiazole rings is 1. The predicted molar refractivity (Wildman–Crippen MR) is 108 cm³/mol. The molecule has 2 aromatic heterocycles. The largest absolute Gasteiger partial charge is 0.494 e. The summed E-state index contributed by atoms with van der Waals surface area (Å²) in [7, 11) is 1.46. The number of hydrogen-bond donors (Lipinski definition) is 1. The second kappa shape index (κ2) is 7.79. The van der Waals surface area contributed by atoms with Gasteiger partial charge in [-0.3, -0.25) is 13.9 Å². The fraction of sp³-hybridized carbons (Fsp3) is 0.316. The molecule has 27 heavy (non-hydrogen) atoms. The van der Waals surface area contributed by atoms with Crippen molar-refractivity contribution in [2.75, 3.05) is 12.3 Å². The smallest absolute Gasteiger partial charge is 0.332 e. The second-order valence-electron chi connectivity index (χ2n) is 6.05. The van der Waals surface area contributed by atoms with Crippen molar-refractivity contribution in [2.45, 2.75) is 26.8 Å². The van der Waals surface area contributed by atoms with Crippen molar-refractivity contribution < 1.29 is 4.74 Å². The highest BCUT2D eigenvalue weighted by atomic mass is 32.1. The van der Waals surface area contributed by atoms with Crippen molar-refractivity contribution in [1.29, 1.82) is 0 Å². The maximum Gasteiger partial charge on any atom is 0.332 e. The summed E-state index contributed by atoms with van der Waals surface area (Å²) >= 11 is 1.42. The topological polar surface area (TPSA) is 92.1 Å². The standard InChI is InChI=1S/C19H22N4O3S/c1-4-10-23-16(20)15(18(24)22(3)19(23)25)14-11-27-17(21-14)12-6-8-13(9-7-12)26-5-2/h6-9,11H,4-5,10,20H2,1-3H3. The minimum Gasteiger partial charge on any atom is -0.494 e. The Hall–Kier alpha value is -2.87. The third kappa shape index (κ3) is 3.52. The van der Waals surface area contributed by atoms with Crippen molar-refractivity contribution in [3.8, 4) is 27.6 Å². The van der Waals surface area contributed by atoms with Gasteiger partial charge in [0.15, 0.2) is 0 Å². The summed E-state index contributed by atoms with van der Waals surface area (Å²) in [6.07, 6.45) is 0.732. The molecule has 7 nitrogen and oxygen atoms in total. The Balaban J connectivity index is 2.06. The van der Waals surface area contributed by atoms with E-state index in [2.05, 4.69) is 4.98 Å². The van der Waals surface area contributed by atoms with Crippen LogP contribution in [0.1, 0.15) is 20.3 Å². The van der Waals surface area contributed by atoms with Crippen LogP contribution in [0.2, 0.25) is 0 Å². The van der Waals surface area contributed by atoms with Gasteiger partial charge < -0.3 is 10.5 Å². The summed E-state index contributed by atoms with van der Waals surface area (Å²) in [5.41, 5.74) is 6.99. The second-order valence-corrected chi connectivity index (χ2v) is 6.91. The van der Waals surface area contributed by atoms with Crippen molar-refractivity contribution in [3.05, 3.63) is 50.5 Å². The summed E-state index contributed by atoms with van der Waals surface area (Å²) in [5, 5.41) is 2.56. The first-order valence-corrected chi connectivity index (χ1v) is 9.64. The zero-order valence-corrected chi connectivity index (χ0v) is 16.4. The predicted octanol–water partition coefficient (Wildman–Crippen LogP) is 2.73. The van der Waals surface area contributed by atoms with Crippen molar-refractivity contribution in [2.24, 2.45) is 7.05 Å². The van der Waals surface area contributed by atoms with Crippen LogP contribution < -0.4 is 21.7 Å². The molecule has 1 aromatic carbocycles. The molecule has 0 bridgehead atoms. The molecule has 3 aromatic rings. The molecule has 3 rings (SSSR count). The number of aromatic nitrogens is 3. The number of rotatable bonds is 6. The van der Waals surface area contributed by atoms with E-state index in [0.29, 0.717) is 18.8 Å². The fourth-order valence-corrected chi connectivity index (χ4v) is 3.66. The fourth-order valence-electron chi connectivity index (χ4n) is 2.85. The molecule has 0 aliphatic carbocycles. The lowest BCUT2D eigenvalue weighted by atomic mass is 10.2. The van der Waals surface area contributed by atoms with Crippen LogP contribution in [0.5, 0.6) is 5.75 Å². The maximum absolute atomic E-state index is 12.6. The third-order valence-corrected chi connectivity index (χ3v) is 5.09. The van der Waals surface area contributed by atoms with Crippen molar-refractivity contribution in [3.63, 3.8) is 0 Å². The first-order chi connectivity index (χ1) is 13.0. The van der Waals surface area contributed by atoms with E-state index in [9.17, 15) is 9.59 Å². The van der Waals surface area contributed by atoms with Gasteiger partial charge in [-0.2, -0.15) is 0 Å². The van der Waals surface area contributed by atoms with Gasteiger partial charge >= 0.3 is 5.69 Å². The van der Waals surface area contributed by atoms with Gasteiger partial charge in [-0.25, -0.2) is 9.78 Å². The molecule has 0 fully saturated rings. The van der Waals surface area contributed by atoms with Crippen LogP contribution in [-0.4, -0.2) is 20.7 Å². The highest BCUT2D eigenvalue weighted by Gasteiger charge is 2.19. The van der Waals surface area contributed by atoms with E-state index in [4.69, 9.17) is 10.5 Å². The number of ether oxygens (including phenoxy) is 1. The van der Waals surface area contributed by atoms with Gasteiger partial charge in [0.25, 0.3) is 5.56 Å². The molecule has 0 aliphatic heterocycles. The first-order valence-electron chi connectivity index (χ1n) is 8.76. The molecule has 0 radical (unpaired) electrons. The summed E-state index contributed by atoms with van der Waals surface area (Å²) in [6, 6.07) is 7.61. The summed E-state index contributed by atoms with van der Waals surface area (Å²) in [4.78, 5) is 29.5. The molecule has 0 amide bonds. The Morgan fingerprint density at radius 3 is 2.52 bits per heavy atom. The molecule has 8 heteroatoms. The van der Waals surface area contributed by atoms with Gasteiger partial charge in [-0.1, -0.05) is 6.92 Å². The van der Waals surface area contributed by atoms with Crippen LogP contribution >= 0.6 is 11.3 Å². The lowest BCUT2D eigenvalue weighted by Crippen LogP contribution is -2.40. The molecule has 0 unspecified atom stereocenters. The molecule has 0 saturated carbocycles. The van der Waals surface area contributed by atoms with E-state index in [1.807, 2.05) is 38.1 Å². The Labute approximate surface area is 160 Å². The Kier molecular flexibility index (Phi) is 5.46. The summed E-state index contributed by atoms with van der Waals surface area (Å²) < 4.78 is 7.96. The molecule has 0 spiro atoms. The van der Waals surface area contributed by atoms with Crippen LogP contribution in [0.4, 0.5) is 5.82 Å². The van der Waals surface area contributed by atoms with Gasteiger partial charge in [0, 0.05) is 24.5 Å². The zero-order chi connectivity index (χ0) is 19.6.